The molecule has 5 nitrogen and oxygen atoms in total. The van der Waals surface area contributed by atoms with Crippen LogP contribution in [0.2, 0.25) is 0 Å². The number of ether oxygens (including phenoxy) is 1. The van der Waals surface area contributed by atoms with Gasteiger partial charge in [0, 0.05) is 12.1 Å². The molecule has 0 N–H and O–H groups in total. The third-order valence-corrected chi connectivity index (χ3v) is 4.31. The van der Waals surface area contributed by atoms with Gasteiger partial charge in [0.1, 0.15) is 18.4 Å². The molecule has 1 amide bonds. The Hall–Kier alpha value is -2.17. The molecule has 5 heteroatoms. The van der Waals surface area contributed by atoms with E-state index in [2.05, 4.69) is 0 Å². The van der Waals surface area contributed by atoms with Crippen LogP contribution >= 0.6 is 0 Å². The van der Waals surface area contributed by atoms with E-state index >= 15 is 0 Å². The zero-order valence-electron chi connectivity index (χ0n) is 10.8. The van der Waals surface area contributed by atoms with Gasteiger partial charge in [-0.05, 0) is 18.4 Å². The highest BCUT2D eigenvalue weighted by molar-refractivity contribution is 6.16. The van der Waals surface area contributed by atoms with Crippen molar-refractivity contribution in [3.8, 4) is 0 Å². The average molecular weight is 271 g/mol. The number of hydrogen-bond acceptors (Lipinski definition) is 4. The minimum Gasteiger partial charge on any atom is -0.456 e. The number of ketones is 1. The number of carbonyl (C=O) groups excluding carboxylic acids is 3. The number of rotatable bonds is 0. The van der Waals surface area contributed by atoms with Crippen molar-refractivity contribution in [2.45, 2.75) is 25.4 Å². The lowest BCUT2D eigenvalue weighted by molar-refractivity contribution is -0.166. The first-order valence-corrected chi connectivity index (χ1v) is 6.82. The number of anilines is 1. The Labute approximate surface area is 115 Å². The Bertz CT molecular complexity index is 651. The number of carbonyl (C=O) groups is 3. The SMILES string of the molecule is O=C1CC(=O)[C@H]2C(=O)N3CCCc4cccc(c43)[C@H]2O1. The van der Waals surface area contributed by atoms with Crippen molar-refractivity contribution in [2.24, 2.45) is 5.92 Å². The van der Waals surface area contributed by atoms with Crippen molar-refractivity contribution in [1.29, 1.82) is 0 Å². The van der Waals surface area contributed by atoms with E-state index in [4.69, 9.17) is 4.74 Å². The van der Waals surface area contributed by atoms with Gasteiger partial charge in [0.2, 0.25) is 5.91 Å². The fourth-order valence-electron chi connectivity index (χ4n) is 3.48. The van der Waals surface area contributed by atoms with Crippen molar-refractivity contribution in [2.75, 3.05) is 11.4 Å². The maximum absolute atomic E-state index is 12.6. The lowest BCUT2D eigenvalue weighted by Gasteiger charge is -2.42. The van der Waals surface area contributed by atoms with E-state index in [1.807, 2.05) is 18.2 Å². The molecule has 3 aliphatic heterocycles. The van der Waals surface area contributed by atoms with Gasteiger partial charge < -0.3 is 9.64 Å². The van der Waals surface area contributed by atoms with Crippen molar-refractivity contribution in [1.82, 2.24) is 0 Å². The summed E-state index contributed by atoms with van der Waals surface area (Å²) in [5.41, 5.74) is 2.75. The number of benzene rings is 1. The molecule has 0 unspecified atom stereocenters. The second-order valence-corrected chi connectivity index (χ2v) is 5.48. The molecular weight excluding hydrogens is 258 g/mol. The molecule has 0 aliphatic carbocycles. The Morgan fingerprint density at radius 1 is 1.20 bits per heavy atom. The molecule has 3 heterocycles. The first kappa shape index (κ1) is 11.6. The van der Waals surface area contributed by atoms with Gasteiger partial charge in [0.05, 0.1) is 5.69 Å². The lowest BCUT2D eigenvalue weighted by atomic mass is 9.80. The minimum absolute atomic E-state index is 0.216. The largest absolute Gasteiger partial charge is 0.456 e. The number of hydrogen-bond donors (Lipinski definition) is 0. The molecule has 0 aromatic heterocycles. The summed E-state index contributed by atoms with van der Waals surface area (Å²) >= 11 is 0. The number of Topliss-reactive ketones (excluding diaryl/α,β-unsaturated/α-hetero) is 1. The van der Waals surface area contributed by atoms with E-state index in [-0.39, 0.29) is 18.1 Å². The average Bonchev–Trinajstić information content (AvgIpc) is 2.43. The monoisotopic (exact) mass is 271 g/mol. The van der Waals surface area contributed by atoms with Crippen LogP contribution in [0, 0.1) is 5.92 Å². The second kappa shape index (κ2) is 3.91. The number of para-hydroxylation sites is 1. The van der Waals surface area contributed by atoms with Gasteiger partial charge in [-0.2, -0.15) is 0 Å². The predicted molar refractivity (Wildman–Crippen MR) is 69.1 cm³/mol. The highest BCUT2D eigenvalue weighted by Crippen LogP contribution is 2.46. The first-order valence-electron chi connectivity index (χ1n) is 6.82. The highest BCUT2D eigenvalue weighted by Gasteiger charge is 2.50. The van der Waals surface area contributed by atoms with Crippen molar-refractivity contribution in [3.63, 3.8) is 0 Å². The van der Waals surface area contributed by atoms with Crippen molar-refractivity contribution in [3.05, 3.63) is 29.3 Å². The summed E-state index contributed by atoms with van der Waals surface area (Å²) in [5.74, 6) is -1.93. The molecule has 1 saturated heterocycles. The third kappa shape index (κ3) is 1.40. The lowest BCUT2D eigenvalue weighted by Crippen LogP contribution is -2.51. The fraction of sp³-hybridized carbons (Fsp3) is 0.400. The summed E-state index contributed by atoms with van der Waals surface area (Å²) in [6.07, 6.45) is 0.774. The Morgan fingerprint density at radius 2 is 2.05 bits per heavy atom. The summed E-state index contributed by atoms with van der Waals surface area (Å²) in [6, 6.07) is 5.75. The fourth-order valence-corrected chi connectivity index (χ4v) is 3.48. The molecule has 2 atom stereocenters. The van der Waals surface area contributed by atoms with Gasteiger partial charge in [-0.25, -0.2) is 0 Å². The van der Waals surface area contributed by atoms with Crippen LogP contribution in [0.15, 0.2) is 18.2 Å². The Morgan fingerprint density at radius 3 is 2.90 bits per heavy atom. The highest BCUT2D eigenvalue weighted by atomic mass is 16.5. The standard InChI is InChI=1S/C15H13NO4/c17-10-7-11(18)20-14-9-5-1-3-8-4-2-6-16(13(8)9)15(19)12(10)14/h1,3,5,12,14H,2,4,6-7H2/t12-,14-/m1/s1. The zero-order chi connectivity index (χ0) is 13.9. The normalized spacial score (nSPS) is 27.8. The van der Waals surface area contributed by atoms with E-state index in [1.54, 1.807) is 4.90 Å². The first-order chi connectivity index (χ1) is 9.66. The van der Waals surface area contributed by atoms with E-state index < -0.39 is 18.0 Å². The molecule has 4 rings (SSSR count). The van der Waals surface area contributed by atoms with Gasteiger partial charge in [-0.1, -0.05) is 18.2 Å². The van der Waals surface area contributed by atoms with Crippen LogP contribution in [-0.2, 0) is 25.5 Å². The smallest absolute Gasteiger partial charge is 0.313 e. The van der Waals surface area contributed by atoms with Crippen LogP contribution in [0.3, 0.4) is 0 Å². The molecule has 102 valence electrons. The number of aryl methyl sites for hydroxylation is 1. The summed E-state index contributed by atoms with van der Waals surface area (Å²) in [5, 5.41) is 0. The number of nitrogens with zero attached hydrogens (tertiary/aromatic N) is 1. The summed E-state index contributed by atoms with van der Waals surface area (Å²) < 4.78 is 5.32. The minimum atomic E-state index is -0.853. The third-order valence-electron chi connectivity index (χ3n) is 4.31. The second-order valence-electron chi connectivity index (χ2n) is 5.48. The molecule has 0 bridgehead atoms. The molecular formula is C15H13NO4. The van der Waals surface area contributed by atoms with Crippen LogP contribution in [0.4, 0.5) is 5.69 Å². The molecule has 1 fully saturated rings. The van der Waals surface area contributed by atoms with Crippen LogP contribution < -0.4 is 4.90 Å². The van der Waals surface area contributed by atoms with Gasteiger partial charge in [-0.15, -0.1) is 0 Å². The van der Waals surface area contributed by atoms with Crippen molar-refractivity contribution < 1.29 is 19.1 Å². The summed E-state index contributed by atoms with van der Waals surface area (Å²) in [7, 11) is 0. The number of fused-ring (bicyclic) bond motifs is 2. The van der Waals surface area contributed by atoms with E-state index in [9.17, 15) is 14.4 Å². The van der Waals surface area contributed by atoms with E-state index in [0.717, 1.165) is 29.7 Å². The Balaban J connectivity index is 1.94. The van der Waals surface area contributed by atoms with Gasteiger partial charge in [0.15, 0.2) is 5.78 Å². The molecule has 1 aromatic carbocycles. The molecule has 3 aliphatic rings. The van der Waals surface area contributed by atoms with Crippen molar-refractivity contribution >= 4 is 23.3 Å². The summed E-state index contributed by atoms with van der Waals surface area (Å²) in [6.45, 7) is 0.632. The molecule has 1 aromatic rings. The van der Waals surface area contributed by atoms with E-state index in [1.165, 1.54) is 0 Å². The molecule has 20 heavy (non-hydrogen) atoms. The van der Waals surface area contributed by atoms with Crippen LogP contribution in [-0.4, -0.2) is 24.2 Å². The predicted octanol–water partition coefficient (Wildman–Crippen LogP) is 1.15. The van der Waals surface area contributed by atoms with Gasteiger partial charge in [-0.3, -0.25) is 14.4 Å². The maximum Gasteiger partial charge on any atom is 0.313 e. The van der Waals surface area contributed by atoms with Crippen LogP contribution in [0.5, 0.6) is 0 Å². The Kier molecular flexibility index (Phi) is 2.28. The van der Waals surface area contributed by atoms with Gasteiger partial charge in [0.25, 0.3) is 0 Å². The molecule has 0 radical (unpaired) electrons. The van der Waals surface area contributed by atoms with E-state index in [0.29, 0.717) is 6.54 Å². The quantitative estimate of drug-likeness (QED) is 0.524. The van der Waals surface area contributed by atoms with Crippen LogP contribution in [0.1, 0.15) is 30.1 Å². The van der Waals surface area contributed by atoms with Crippen LogP contribution in [0.25, 0.3) is 0 Å². The van der Waals surface area contributed by atoms with Gasteiger partial charge >= 0.3 is 5.97 Å². The number of esters is 1. The topological polar surface area (TPSA) is 63.7 Å². The molecule has 0 saturated carbocycles. The summed E-state index contributed by atoms with van der Waals surface area (Å²) in [4.78, 5) is 37.9. The number of amides is 1. The zero-order valence-corrected chi connectivity index (χ0v) is 10.8. The maximum atomic E-state index is 12.6. The molecule has 0 spiro atoms.